The lowest BCUT2D eigenvalue weighted by atomic mass is 10.0. The van der Waals surface area contributed by atoms with Gasteiger partial charge in [0.05, 0.1) is 6.54 Å². The number of halogens is 2. The fourth-order valence-electron chi connectivity index (χ4n) is 2.81. The molecule has 2 N–H and O–H groups in total. The van der Waals surface area contributed by atoms with Crippen LogP contribution in [0.25, 0.3) is 0 Å². The molecule has 6 heteroatoms. The minimum absolute atomic E-state index is 0. The molecule has 0 radical (unpaired) electrons. The Morgan fingerprint density at radius 2 is 2.14 bits per heavy atom. The molecule has 1 aliphatic carbocycles. The summed E-state index contributed by atoms with van der Waals surface area (Å²) in [5.41, 5.74) is 1.10. The van der Waals surface area contributed by atoms with Gasteiger partial charge in [0.1, 0.15) is 0 Å². The first-order valence-electron chi connectivity index (χ1n) is 7.70. The van der Waals surface area contributed by atoms with Crippen LogP contribution in [0, 0.1) is 5.92 Å². The second kappa shape index (κ2) is 8.16. The smallest absolute Gasteiger partial charge is 0.234 e. The van der Waals surface area contributed by atoms with Crippen LogP contribution in [0.5, 0.6) is 0 Å². The average molecular weight is 344 g/mol. The van der Waals surface area contributed by atoms with E-state index in [-0.39, 0.29) is 24.4 Å². The zero-order chi connectivity index (χ0) is 14.7. The number of hydrogen-bond donors (Lipinski definition) is 2. The molecule has 2 fully saturated rings. The molecule has 1 atom stereocenters. The van der Waals surface area contributed by atoms with E-state index in [9.17, 15) is 4.79 Å². The third kappa shape index (κ3) is 4.59. The standard InChI is InChI=1S/C16H22ClN3O.ClH/c17-14-4-2-1-3-13(14)15-10-18-7-8-20(15)11-16(21)19-9-12-5-6-12;/h1-4,12,15,18H,5-11H2,(H,19,21);1H. The molecule has 1 saturated carbocycles. The second-order valence-electron chi connectivity index (χ2n) is 5.96. The molecule has 1 saturated heterocycles. The number of piperazine rings is 1. The Kier molecular flexibility index (Phi) is 6.50. The van der Waals surface area contributed by atoms with Crippen molar-refractivity contribution < 1.29 is 4.79 Å². The lowest BCUT2D eigenvalue weighted by Crippen LogP contribution is -2.49. The van der Waals surface area contributed by atoms with Gasteiger partial charge >= 0.3 is 0 Å². The molecule has 1 aliphatic heterocycles. The van der Waals surface area contributed by atoms with Crippen LogP contribution in [0.2, 0.25) is 5.02 Å². The highest BCUT2D eigenvalue weighted by Gasteiger charge is 2.27. The summed E-state index contributed by atoms with van der Waals surface area (Å²) in [5, 5.41) is 7.21. The Labute approximate surface area is 143 Å². The van der Waals surface area contributed by atoms with Crippen molar-refractivity contribution in [3.8, 4) is 0 Å². The molecule has 1 aromatic carbocycles. The van der Waals surface area contributed by atoms with Crippen LogP contribution in [0.15, 0.2) is 24.3 Å². The summed E-state index contributed by atoms with van der Waals surface area (Å²) >= 11 is 6.32. The molecule has 22 heavy (non-hydrogen) atoms. The van der Waals surface area contributed by atoms with Crippen molar-refractivity contribution in [3.05, 3.63) is 34.9 Å². The van der Waals surface area contributed by atoms with Gasteiger partial charge in [-0.15, -0.1) is 12.4 Å². The van der Waals surface area contributed by atoms with Crippen molar-refractivity contribution in [3.63, 3.8) is 0 Å². The summed E-state index contributed by atoms with van der Waals surface area (Å²) in [7, 11) is 0. The highest BCUT2D eigenvalue weighted by Crippen LogP contribution is 2.29. The number of amides is 1. The molecular weight excluding hydrogens is 321 g/mol. The number of carbonyl (C=O) groups excluding carboxylic acids is 1. The van der Waals surface area contributed by atoms with Crippen molar-refractivity contribution in [1.82, 2.24) is 15.5 Å². The summed E-state index contributed by atoms with van der Waals surface area (Å²) in [6, 6.07) is 8.07. The Morgan fingerprint density at radius 3 is 2.86 bits per heavy atom. The third-order valence-electron chi connectivity index (χ3n) is 4.25. The van der Waals surface area contributed by atoms with Crippen LogP contribution in [0.4, 0.5) is 0 Å². The molecule has 0 aromatic heterocycles. The van der Waals surface area contributed by atoms with E-state index in [4.69, 9.17) is 11.6 Å². The number of rotatable bonds is 5. The SMILES string of the molecule is Cl.O=C(CN1CCNCC1c1ccccc1Cl)NCC1CC1. The van der Waals surface area contributed by atoms with E-state index < -0.39 is 0 Å². The number of carbonyl (C=O) groups is 1. The normalized spacial score (nSPS) is 22.0. The Morgan fingerprint density at radius 1 is 1.36 bits per heavy atom. The van der Waals surface area contributed by atoms with Crippen molar-refractivity contribution in [1.29, 1.82) is 0 Å². The van der Waals surface area contributed by atoms with Gasteiger partial charge in [0.25, 0.3) is 0 Å². The predicted molar refractivity (Wildman–Crippen MR) is 91.6 cm³/mol. The average Bonchev–Trinajstić information content (AvgIpc) is 3.31. The summed E-state index contributed by atoms with van der Waals surface area (Å²) < 4.78 is 0. The van der Waals surface area contributed by atoms with Gasteiger partial charge in [-0.3, -0.25) is 9.69 Å². The van der Waals surface area contributed by atoms with Crippen LogP contribution >= 0.6 is 24.0 Å². The molecule has 3 rings (SSSR count). The summed E-state index contributed by atoms with van der Waals surface area (Å²) in [6.07, 6.45) is 2.52. The first-order chi connectivity index (χ1) is 10.2. The van der Waals surface area contributed by atoms with Crippen molar-refractivity contribution >= 4 is 29.9 Å². The van der Waals surface area contributed by atoms with Crippen LogP contribution < -0.4 is 10.6 Å². The number of benzene rings is 1. The van der Waals surface area contributed by atoms with E-state index in [1.807, 2.05) is 18.2 Å². The topological polar surface area (TPSA) is 44.4 Å². The van der Waals surface area contributed by atoms with Crippen LogP contribution in [-0.4, -0.2) is 43.5 Å². The fourth-order valence-corrected chi connectivity index (χ4v) is 3.07. The molecule has 0 bridgehead atoms. The fraction of sp³-hybridized carbons (Fsp3) is 0.562. The van der Waals surface area contributed by atoms with Crippen LogP contribution in [-0.2, 0) is 4.79 Å². The number of nitrogens with one attached hydrogen (secondary N) is 2. The largest absolute Gasteiger partial charge is 0.355 e. The van der Waals surface area contributed by atoms with Gasteiger partial charge in [0.2, 0.25) is 5.91 Å². The maximum absolute atomic E-state index is 12.1. The van der Waals surface area contributed by atoms with Crippen molar-refractivity contribution in [2.45, 2.75) is 18.9 Å². The van der Waals surface area contributed by atoms with Crippen molar-refractivity contribution in [2.24, 2.45) is 5.92 Å². The van der Waals surface area contributed by atoms with Gasteiger partial charge in [-0.1, -0.05) is 29.8 Å². The lowest BCUT2D eigenvalue weighted by Gasteiger charge is -2.36. The quantitative estimate of drug-likeness (QED) is 0.861. The van der Waals surface area contributed by atoms with Gasteiger partial charge in [0.15, 0.2) is 0 Å². The molecule has 1 amide bonds. The van der Waals surface area contributed by atoms with E-state index >= 15 is 0 Å². The summed E-state index contributed by atoms with van der Waals surface area (Å²) in [5.74, 6) is 0.845. The summed E-state index contributed by atoms with van der Waals surface area (Å²) in [6.45, 7) is 3.90. The van der Waals surface area contributed by atoms with E-state index in [2.05, 4.69) is 21.6 Å². The first kappa shape index (κ1) is 17.5. The molecule has 4 nitrogen and oxygen atoms in total. The first-order valence-corrected chi connectivity index (χ1v) is 8.07. The Bertz CT molecular complexity index is 508. The highest BCUT2D eigenvalue weighted by atomic mass is 35.5. The summed E-state index contributed by atoms with van der Waals surface area (Å²) in [4.78, 5) is 14.3. The Hall–Kier alpha value is -0.810. The second-order valence-corrected chi connectivity index (χ2v) is 6.37. The highest BCUT2D eigenvalue weighted by molar-refractivity contribution is 6.31. The minimum atomic E-state index is 0. The van der Waals surface area contributed by atoms with E-state index in [1.54, 1.807) is 0 Å². The minimum Gasteiger partial charge on any atom is -0.355 e. The van der Waals surface area contributed by atoms with Gasteiger partial charge in [0, 0.05) is 37.2 Å². The predicted octanol–water partition coefficient (Wildman–Crippen LogP) is 2.23. The van der Waals surface area contributed by atoms with Crippen LogP contribution in [0.1, 0.15) is 24.4 Å². The monoisotopic (exact) mass is 343 g/mol. The van der Waals surface area contributed by atoms with Crippen LogP contribution in [0.3, 0.4) is 0 Å². The zero-order valence-electron chi connectivity index (χ0n) is 12.6. The number of hydrogen-bond acceptors (Lipinski definition) is 3. The van der Waals surface area contributed by atoms with E-state index in [1.165, 1.54) is 12.8 Å². The van der Waals surface area contributed by atoms with Crippen molar-refractivity contribution in [2.75, 3.05) is 32.7 Å². The molecule has 122 valence electrons. The Balaban J connectivity index is 0.00000176. The zero-order valence-corrected chi connectivity index (χ0v) is 14.1. The molecular formula is C16H23Cl2N3O. The lowest BCUT2D eigenvalue weighted by molar-refractivity contribution is -0.123. The van der Waals surface area contributed by atoms with Gasteiger partial charge in [-0.25, -0.2) is 0 Å². The van der Waals surface area contributed by atoms with Gasteiger partial charge in [-0.2, -0.15) is 0 Å². The number of nitrogens with zero attached hydrogens (tertiary/aromatic N) is 1. The molecule has 1 heterocycles. The molecule has 1 aromatic rings. The maximum atomic E-state index is 12.1. The molecule has 2 aliphatic rings. The molecule has 0 spiro atoms. The third-order valence-corrected chi connectivity index (χ3v) is 4.59. The van der Waals surface area contributed by atoms with Gasteiger partial charge < -0.3 is 10.6 Å². The molecule has 1 unspecified atom stereocenters. The maximum Gasteiger partial charge on any atom is 0.234 e. The van der Waals surface area contributed by atoms with E-state index in [0.717, 1.165) is 42.7 Å². The van der Waals surface area contributed by atoms with E-state index in [0.29, 0.717) is 6.54 Å². The van der Waals surface area contributed by atoms with Gasteiger partial charge in [-0.05, 0) is 30.4 Å².